The molecule has 0 fully saturated rings. The maximum atomic E-state index is 11.1. The van der Waals surface area contributed by atoms with E-state index in [4.69, 9.17) is 5.41 Å². The molecule has 0 bridgehead atoms. The van der Waals surface area contributed by atoms with Gasteiger partial charge in [-0.1, -0.05) is 15.9 Å². The number of hydrogen-bond donors (Lipinski definition) is 1. The number of benzene rings is 1. The predicted octanol–water partition coefficient (Wildman–Crippen LogP) is 2.87. The van der Waals surface area contributed by atoms with Crippen molar-refractivity contribution in [2.75, 3.05) is 0 Å². The van der Waals surface area contributed by atoms with Crippen molar-refractivity contribution >= 4 is 33.4 Å². The molecule has 0 spiro atoms. The molecule has 1 amide bonds. The van der Waals surface area contributed by atoms with Gasteiger partial charge in [0.25, 0.3) is 5.91 Å². The molecule has 1 unspecified atom stereocenters. The lowest BCUT2D eigenvalue weighted by Crippen LogP contribution is -2.18. The van der Waals surface area contributed by atoms with Gasteiger partial charge >= 0.3 is 0 Å². The third kappa shape index (κ3) is 2.25. The lowest BCUT2D eigenvalue weighted by Gasteiger charge is -1.96. The summed E-state index contributed by atoms with van der Waals surface area (Å²) >= 11 is 3.29. The Balaban J connectivity index is 2.13. The molecule has 0 radical (unpaired) electrons. The Morgan fingerprint density at radius 3 is 2.50 bits per heavy atom. The smallest absolute Gasteiger partial charge is 0.283 e. The van der Waals surface area contributed by atoms with Gasteiger partial charge in [-0.25, -0.2) is 0 Å². The summed E-state index contributed by atoms with van der Waals surface area (Å²) in [5.74, 6) is -0.725. The number of nitrogens with one attached hydrogen (secondary N) is 1. The molecule has 0 saturated heterocycles. The third-order valence-electron chi connectivity index (χ3n) is 1.86. The van der Waals surface area contributed by atoms with Crippen LogP contribution in [0.15, 0.2) is 49.2 Å². The molecule has 7 heteroatoms. The summed E-state index contributed by atoms with van der Waals surface area (Å²) in [4.78, 5) is 11.1. The summed E-state index contributed by atoms with van der Waals surface area (Å²) in [6.45, 7) is 0. The van der Waals surface area contributed by atoms with Crippen LogP contribution < -0.4 is 0 Å². The summed E-state index contributed by atoms with van der Waals surface area (Å²) in [5, 5.41) is 21.4. The average Bonchev–Trinajstić information content (AvgIpc) is 2.59. The SMILES string of the molecule is N=C1N=NC(=O)C1N=Nc1ccc(Br)cc1. The van der Waals surface area contributed by atoms with Crippen LogP contribution in [0.1, 0.15) is 0 Å². The molecular weight excluding hydrogens is 274 g/mol. The van der Waals surface area contributed by atoms with Gasteiger partial charge in [0, 0.05) is 4.47 Å². The van der Waals surface area contributed by atoms with Crippen LogP contribution in [0, 0.1) is 5.41 Å². The van der Waals surface area contributed by atoms with E-state index in [9.17, 15) is 4.79 Å². The van der Waals surface area contributed by atoms with Crippen molar-refractivity contribution in [3.63, 3.8) is 0 Å². The molecule has 0 aliphatic carbocycles. The zero-order chi connectivity index (χ0) is 11.5. The topological polar surface area (TPSA) is 90.4 Å². The standard InChI is InChI=1S/C9H6BrN5O/c10-5-1-3-6(4-2-5)12-13-7-8(11)14-15-9(7)16/h1-4,7,11H. The normalized spacial score (nSPS) is 19.9. The number of nitrogens with zero attached hydrogens (tertiary/aromatic N) is 4. The highest BCUT2D eigenvalue weighted by molar-refractivity contribution is 9.10. The third-order valence-corrected chi connectivity index (χ3v) is 2.39. The molecule has 0 aromatic heterocycles. The fourth-order valence-electron chi connectivity index (χ4n) is 1.07. The monoisotopic (exact) mass is 279 g/mol. The van der Waals surface area contributed by atoms with Gasteiger partial charge in [0.05, 0.1) is 5.69 Å². The molecule has 1 aliphatic heterocycles. The molecule has 1 aliphatic rings. The Morgan fingerprint density at radius 2 is 1.94 bits per heavy atom. The summed E-state index contributed by atoms with van der Waals surface area (Å²) in [6, 6.07) is 6.12. The van der Waals surface area contributed by atoms with E-state index in [1.807, 2.05) is 12.1 Å². The van der Waals surface area contributed by atoms with Crippen LogP contribution in [-0.2, 0) is 4.79 Å². The highest BCUT2D eigenvalue weighted by Gasteiger charge is 2.28. The first kappa shape index (κ1) is 10.7. The van der Waals surface area contributed by atoms with Gasteiger partial charge < -0.3 is 0 Å². The van der Waals surface area contributed by atoms with Gasteiger partial charge in [0.15, 0.2) is 5.84 Å². The van der Waals surface area contributed by atoms with Crippen molar-refractivity contribution in [1.29, 1.82) is 5.41 Å². The number of azo groups is 2. The molecule has 0 saturated carbocycles. The molecule has 16 heavy (non-hydrogen) atoms. The zero-order valence-electron chi connectivity index (χ0n) is 7.96. The Kier molecular flexibility index (Phi) is 2.95. The van der Waals surface area contributed by atoms with Crippen LogP contribution in [0.4, 0.5) is 5.69 Å². The predicted molar refractivity (Wildman–Crippen MR) is 60.0 cm³/mol. The lowest BCUT2D eigenvalue weighted by molar-refractivity contribution is -0.117. The number of amides is 1. The molecular formula is C9H6BrN5O. The minimum atomic E-state index is -0.983. The number of halogens is 1. The van der Waals surface area contributed by atoms with E-state index in [-0.39, 0.29) is 5.84 Å². The Morgan fingerprint density at radius 1 is 1.25 bits per heavy atom. The minimum absolute atomic E-state index is 0.175. The van der Waals surface area contributed by atoms with Crippen LogP contribution in [0.25, 0.3) is 0 Å². The van der Waals surface area contributed by atoms with Gasteiger partial charge in [0.2, 0.25) is 6.04 Å². The van der Waals surface area contributed by atoms with Gasteiger partial charge in [-0.2, -0.15) is 10.2 Å². The number of rotatable bonds is 2. The molecule has 2 rings (SSSR count). The highest BCUT2D eigenvalue weighted by atomic mass is 79.9. The van der Waals surface area contributed by atoms with Crippen molar-refractivity contribution in [1.82, 2.24) is 0 Å². The first-order valence-electron chi connectivity index (χ1n) is 4.37. The summed E-state index contributed by atoms with van der Waals surface area (Å²) in [6.07, 6.45) is 0. The van der Waals surface area contributed by atoms with Crippen LogP contribution >= 0.6 is 15.9 Å². The van der Waals surface area contributed by atoms with Gasteiger partial charge in [0.1, 0.15) is 0 Å². The van der Waals surface area contributed by atoms with E-state index in [0.717, 1.165) is 4.47 Å². The Labute approximate surface area is 99.1 Å². The van der Waals surface area contributed by atoms with Crippen molar-refractivity contribution in [3.8, 4) is 0 Å². The molecule has 1 aromatic carbocycles. The average molecular weight is 280 g/mol. The van der Waals surface area contributed by atoms with Crippen molar-refractivity contribution in [2.24, 2.45) is 20.5 Å². The molecule has 80 valence electrons. The Bertz CT molecular complexity index is 475. The number of amidine groups is 1. The largest absolute Gasteiger partial charge is 0.298 e. The second-order valence-corrected chi connectivity index (χ2v) is 3.93. The molecule has 1 atom stereocenters. The van der Waals surface area contributed by atoms with Gasteiger partial charge in [-0.05, 0) is 24.3 Å². The highest BCUT2D eigenvalue weighted by Crippen LogP contribution is 2.18. The Hall–Kier alpha value is -1.76. The lowest BCUT2D eigenvalue weighted by atomic mass is 10.3. The van der Waals surface area contributed by atoms with E-state index in [1.165, 1.54) is 0 Å². The summed E-state index contributed by atoms with van der Waals surface area (Å²) in [7, 11) is 0. The zero-order valence-corrected chi connectivity index (χ0v) is 9.55. The van der Waals surface area contributed by atoms with Gasteiger partial charge in [-0.15, -0.1) is 10.2 Å². The fourth-order valence-corrected chi connectivity index (χ4v) is 1.33. The quantitative estimate of drug-likeness (QED) is 0.829. The van der Waals surface area contributed by atoms with E-state index < -0.39 is 11.9 Å². The van der Waals surface area contributed by atoms with Crippen molar-refractivity contribution < 1.29 is 4.79 Å². The molecule has 1 heterocycles. The fraction of sp³-hybridized carbons (Fsp3) is 0.111. The van der Waals surface area contributed by atoms with Crippen molar-refractivity contribution in [2.45, 2.75) is 6.04 Å². The molecule has 1 N–H and O–H groups in total. The van der Waals surface area contributed by atoms with Crippen LogP contribution in [-0.4, -0.2) is 17.8 Å². The number of carbonyl (C=O) groups is 1. The number of carbonyl (C=O) groups excluding carboxylic acids is 1. The maximum absolute atomic E-state index is 11.1. The summed E-state index contributed by atoms with van der Waals surface area (Å²) in [5.41, 5.74) is 0.607. The summed E-state index contributed by atoms with van der Waals surface area (Å²) < 4.78 is 0.932. The minimum Gasteiger partial charge on any atom is -0.283 e. The first-order chi connectivity index (χ1) is 7.66. The second-order valence-electron chi connectivity index (χ2n) is 3.02. The van der Waals surface area contributed by atoms with Crippen LogP contribution in [0.2, 0.25) is 0 Å². The van der Waals surface area contributed by atoms with Crippen molar-refractivity contribution in [3.05, 3.63) is 28.7 Å². The van der Waals surface area contributed by atoms with E-state index in [1.54, 1.807) is 12.1 Å². The van der Waals surface area contributed by atoms with Crippen LogP contribution in [0.3, 0.4) is 0 Å². The van der Waals surface area contributed by atoms with E-state index in [2.05, 4.69) is 36.4 Å². The van der Waals surface area contributed by atoms with Crippen LogP contribution in [0.5, 0.6) is 0 Å². The second kappa shape index (κ2) is 4.40. The molecule has 6 nitrogen and oxygen atoms in total. The van der Waals surface area contributed by atoms with Gasteiger partial charge in [-0.3, -0.25) is 10.2 Å². The first-order valence-corrected chi connectivity index (χ1v) is 5.16. The van der Waals surface area contributed by atoms with E-state index >= 15 is 0 Å². The number of hydrogen-bond acceptors (Lipinski definition) is 4. The molecule has 1 aromatic rings. The van der Waals surface area contributed by atoms with E-state index in [0.29, 0.717) is 5.69 Å². The maximum Gasteiger partial charge on any atom is 0.298 e.